The van der Waals surface area contributed by atoms with Gasteiger partial charge >= 0.3 is 6.01 Å². The van der Waals surface area contributed by atoms with E-state index >= 15 is 0 Å². The third kappa shape index (κ3) is 3.93. The molecule has 0 aliphatic rings. The summed E-state index contributed by atoms with van der Waals surface area (Å²) in [5, 5.41) is 14.8. The Morgan fingerprint density at radius 3 is 2.76 bits per heavy atom. The predicted molar refractivity (Wildman–Crippen MR) is 94.2 cm³/mol. The zero-order valence-corrected chi connectivity index (χ0v) is 14.8. The lowest BCUT2D eigenvalue weighted by Gasteiger charge is -2.06. The Morgan fingerprint density at radius 2 is 2.04 bits per heavy atom. The molecule has 0 unspecified atom stereocenters. The maximum atomic E-state index is 12.2. The van der Waals surface area contributed by atoms with Crippen LogP contribution in [0.2, 0.25) is 0 Å². The van der Waals surface area contributed by atoms with Crippen molar-refractivity contribution in [3.63, 3.8) is 0 Å². The third-order valence-electron chi connectivity index (χ3n) is 3.88. The van der Waals surface area contributed by atoms with E-state index in [9.17, 15) is 4.79 Å². The molecule has 0 atom stereocenters. The summed E-state index contributed by atoms with van der Waals surface area (Å²) < 4.78 is 7.30. The smallest absolute Gasteiger partial charge is 0.322 e. The number of hydrogen-bond donors (Lipinski definition) is 1. The van der Waals surface area contributed by atoms with Gasteiger partial charge in [0.15, 0.2) is 0 Å². The normalized spacial score (nSPS) is 11.1. The van der Waals surface area contributed by atoms with Crippen LogP contribution in [0.1, 0.15) is 36.6 Å². The van der Waals surface area contributed by atoms with Crippen molar-refractivity contribution in [1.82, 2.24) is 20.0 Å². The van der Waals surface area contributed by atoms with Crippen LogP contribution in [0.5, 0.6) is 0 Å². The van der Waals surface area contributed by atoms with Crippen molar-refractivity contribution in [2.45, 2.75) is 40.2 Å². The van der Waals surface area contributed by atoms with Gasteiger partial charge in [0, 0.05) is 12.2 Å². The largest absolute Gasteiger partial charge is 0.401 e. The molecule has 0 saturated carbocycles. The SMILES string of the molecule is Cc1ccc(C)c(CC(=O)Nc2nnc(-c3ccn(C(C)C)n3)o2)c1. The molecule has 25 heavy (non-hydrogen) atoms. The van der Waals surface area contributed by atoms with Gasteiger partial charge in [-0.3, -0.25) is 14.8 Å². The second kappa shape index (κ2) is 6.88. The number of carbonyl (C=O) groups is 1. The predicted octanol–water partition coefficient (Wildman–Crippen LogP) is 3.31. The quantitative estimate of drug-likeness (QED) is 0.771. The average Bonchev–Trinajstić information content (AvgIpc) is 3.19. The minimum Gasteiger partial charge on any atom is -0.401 e. The highest BCUT2D eigenvalue weighted by molar-refractivity contribution is 5.90. The molecule has 1 amide bonds. The molecule has 0 spiro atoms. The maximum Gasteiger partial charge on any atom is 0.322 e. The molecule has 0 bridgehead atoms. The molecule has 0 saturated heterocycles. The molecule has 0 aliphatic carbocycles. The van der Waals surface area contributed by atoms with Crippen molar-refractivity contribution in [2.75, 3.05) is 5.32 Å². The average molecular weight is 339 g/mol. The summed E-state index contributed by atoms with van der Waals surface area (Å²) in [7, 11) is 0. The van der Waals surface area contributed by atoms with Gasteiger partial charge < -0.3 is 4.42 Å². The van der Waals surface area contributed by atoms with E-state index in [-0.39, 0.29) is 30.3 Å². The molecule has 1 N–H and O–H groups in total. The molecule has 3 rings (SSSR count). The summed E-state index contributed by atoms with van der Waals surface area (Å²) in [5.74, 6) is 0.0815. The number of anilines is 1. The number of carbonyl (C=O) groups excluding carboxylic acids is 1. The number of aromatic nitrogens is 4. The Morgan fingerprint density at radius 1 is 1.24 bits per heavy atom. The minimum absolute atomic E-state index is 0.0735. The first-order valence-corrected chi connectivity index (χ1v) is 8.17. The monoisotopic (exact) mass is 339 g/mol. The second-order valence-electron chi connectivity index (χ2n) is 6.34. The van der Waals surface area contributed by atoms with Crippen LogP contribution in [-0.4, -0.2) is 25.9 Å². The Kier molecular flexibility index (Phi) is 4.65. The third-order valence-corrected chi connectivity index (χ3v) is 3.88. The molecule has 2 heterocycles. The van der Waals surface area contributed by atoms with Crippen molar-refractivity contribution in [1.29, 1.82) is 0 Å². The second-order valence-corrected chi connectivity index (χ2v) is 6.34. The van der Waals surface area contributed by atoms with Gasteiger partial charge in [0.2, 0.25) is 5.91 Å². The highest BCUT2D eigenvalue weighted by atomic mass is 16.4. The Bertz CT molecular complexity index is 895. The lowest BCUT2D eigenvalue weighted by atomic mass is 10.0. The number of nitrogens with one attached hydrogen (secondary N) is 1. The van der Waals surface area contributed by atoms with Crippen LogP contribution in [0.25, 0.3) is 11.6 Å². The van der Waals surface area contributed by atoms with Gasteiger partial charge in [-0.05, 0) is 44.9 Å². The summed E-state index contributed by atoms with van der Waals surface area (Å²) in [4.78, 5) is 12.2. The molecule has 130 valence electrons. The number of hydrogen-bond acceptors (Lipinski definition) is 5. The fourth-order valence-electron chi connectivity index (χ4n) is 2.44. The first-order chi connectivity index (χ1) is 11.9. The van der Waals surface area contributed by atoms with Gasteiger partial charge in [0.05, 0.1) is 6.42 Å². The lowest BCUT2D eigenvalue weighted by Crippen LogP contribution is -2.15. The first kappa shape index (κ1) is 16.9. The lowest BCUT2D eigenvalue weighted by molar-refractivity contribution is -0.115. The Balaban J connectivity index is 1.68. The van der Waals surface area contributed by atoms with Crippen LogP contribution in [0.3, 0.4) is 0 Å². The van der Waals surface area contributed by atoms with Crippen LogP contribution >= 0.6 is 0 Å². The van der Waals surface area contributed by atoms with Crippen LogP contribution < -0.4 is 5.32 Å². The fraction of sp³-hybridized carbons (Fsp3) is 0.333. The number of nitrogens with zero attached hydrogens (tertiary/aromatic N) is 4. The summed E-state index contributed by atoms with van der Waals surface area (Å²) >= 11 is 0. The van der Waals surface area contributed by atoms with E-state index in [1.165, 1.54) is 0 Å². The van der Waals surface area contributed by atoms with Gasteiger partial charge in [0.1, 0.15) is 5.69 Å². The van der Waals surface area contributed by atoms with Gasteiger partial charge in [-0.15, -0.1) is 5.10 Å². The van der Waals surface area contributed by atoms with Gasteiger partial charge in [-0.1, -0.05) is 28.9 Å². The number of amides is 1. The van der Waals surface area contributed by atoms with Crippen molar-refractivity contribution in [3.05, 3.63) is 47.2 Å². The van der Waals surface area contributed by atoms with E-state index in [0.717, 1.165) is 16.7 Å². The first-order valence-electron chi connectivity index (χ1n) is 8.17. The Hall–Kier alpha value is -2.96. The van der Waals surface area contributed by atoms with Crippen molar-refractivity contribution < 1.29 is 9.21 Å². The zero-order valence-electron chi connectivity index (χ0n) is 14.8. The molecule has 0 aliphatic heterocycles. The van der Waals surface area contributed by atoms with E-state index in [0.29, 0.717) is 5.69 Å². The topological polar surface area (TPSA) is 85.8 Å². The highest BCUT2D eigenvalue weighted by Crippen LogP contribution is 2.19. The Labute approximate surface area is 146 Å². The van der Waals surface area contributed by atoms with Crippen molar-refractivity contribution in [3.8, 4) is 11.6 Å². The molecule has 1 aromatic carbocycles. The molecule has 7 nitrogen and oxygen atoms in total. The van der Waals surface area contributed by atoms with Crippen LogP contribution in [-0.2, 0) is 11.2 Å². The number of aryl methyl sites for hydroxylation is 2. The van der Waals surface area contributed by atoms with Gasteiger partial charge in [-0.2, -0.15) is 5.10 Å². The summed E-state index contributed by atoms with van der Waals surface area (Å²) in [5.41, 5.74) is 3.75. The van der Waals surface area contributed by atoms with Gasteiger partial charge in [0.25, 0.3) is 5.89 Å². The van der Waals surface area contributed by atoms with Crippen LogP contribution in [0, 0.1) is 13.8 Å². The summed E-state index contributed by atoms with van der Waals surface area (Å²) in [6.45, 7) is 8.05. The van der Waals surface area contributed by atoms with Crippen molar-refractivity contribution in [2.24, 2.45) is 0 Å². The van der Waals surface area contributed by atoms with Crippen LogP contribution in [0.4, 0.5) is 6.01 Å². The summed E-state index contributed by atoms with van der Waals surface area (Å²) in [6, 6.07) is 8.16. The van der Waals surface area contributed by atoms with Crippen molar-refractivity contribution >= 4 is 11.9 Å². The molecule has 7 heteroatoms. The number of rotatable bonds is 5. The fourth-order valence-corrected chi connectivity index (χ4v) is 2.44. The van der Waals surface area contributed by atoms with E-state index in [1.54, 1.807) is 10.7 Å². The molecule has 3 aromatic rings. The summed E-state index contributed by atoms with van der Waals surface area (Å²) in [6.07, 6.45) is 2.11. The minimum atomic E-state index is -0.198. The number of benzene rings is 1. The van der Waals surface area contributed by atoms with Crippen LogP contribution in [0.15, 0.2) is 34.9 Å². The maximum absolute atomic E-state index is 12.2. The molecule has 0 radical (unpaired) electrons. The highest BCUT2D eigenvalue weighted by Gasteiger charge is 2.15. The van der Waals surface area contributed by atoms with E-state index in [1.807, 2.05) is 52.1 Å². The van der Waals surface area contributed by atoms with E-state index in [2.05, 4.69) is 20.6 Å². The zero-order chi connectivity index (χ0) is 18.0. The standard InChI is InChI=1S/C18H21N5O2/c1-11(2)23-8-7-15(22-23)17-20-21-18(25-17)19-16(24)10-14-9-12(3)5-6-13(14)4/h5-9,11H,10H2,1-4H3,(H,19,21,24). The molecular formula is C18H21N5O2. The molecular weight excluding hydrogens is 318 g/mol. The molecule has 0 fully saturated rings. The van der Waals surface area contributed by atoms with E-state index in [4.69, 9.17) is 4.42 Å². The van der Waals surface area contributed by atoms with E-state index < -0.39 is 0 Å². The van der Waals surface area contributed by atoms with Gasteiger partial charge in [-0.25, -0.2) is 0 Å². The molecule has 2 aromatic heterocycles.